The highest BCUT2D eigenvalue weighted by atomic mass is 79.9. The van der Waals surface area contributed by atoms with Crippen molar-refractivity contribution in [2.45, 2.75) is 24.8 Å². The van der Waals surface area contributed by atoms with Gasteiger partial charge in [0.2, 0.25) is 0 Å². The van der Waals surface area contributed by atoms with Crippen molar-refractivity contribution in [1.82, 2.24) is 0 Å². The molecule has 0 aliphatic heterocycles. The van der Waals surface area contributed by atoms with Gasteiger partial charge in [0, 0.05) is 18.4 Å². The predicted octanol–water partition coefficient (Wildman–Crippen LogP) is 3.29. The van der Waals surface area contributed by atoms with Gasteiger partial charge in [0.15, 0.2) is 0 Å². The zero-order valence-corrected chi connectivity index (χ0v) is 12.3. The monoisotopic (exact) mass is 320 g/mol. The molecule has 5 heteroatoms. The molecule has 0 aromatic rings. The molecule has 0 radical (unpaired) electrons. The normalized spacial score (nSPS) is 15.6. The van der Waals surface area contributed by atoms with Crippen LogP contribution in [0.4, 0.5) is 0 Å². The van der Waals surface area contributed by atoms with Gasteiger partial charge in [0.1, 0.15) is 0 Å². The minimum Gasteiger partial charge on any atom is -0.379 e. The highest BCUT2D eigenvalue weighted by Crippen LogP contribution is 2.13. The highest BCUT2D eigenvalue weighted by molar-refractivity contribution is 9.09. The largest absolute Gasteiger partial charge is 0.379 e. The fourth-order valence-electron chi connectivity index (χ4n) is 0.922. The van der Waals surface area contributed by atoms with E-state index < -0.39 is 0 Å². The smallest absolute Gasteiger partial charge is 0.0847 e. The molecular formula is C10H19BrCl2O2. The third-order valence-corrected chi connectivity index (χ3v) is 3.64. The summed E-state index contributed by atoms with van der Waals surface area (Å²) in [7, 11) is 0. The van der Waals surface area contributed by atoms with Gasteiger partial charge in [0.25, 0.3) is 0 Å². The van der Waals surface area contributed by atoms with Crippen LogP contribution in [0, 0.1) is 5.92 Å². The lowest BCUT2D eigenvalue weighted by Crippen LogP contribution is -2.29. The van der Waals surface area contributed by atoms with Crippen molar-refractivity contribution < 1.29 is 9.47 Å². The molecular weight excluding hydrogens is 303 g/mol. The van der Waals surface area contributed by atoms with Crippen molar-refractivity contribution in [2.75, 3.05) is 31.6 Å². The van der Waals surface area contributed by atoms with Crippen LogP contribution in [0.1, 0.15) is 13.8 Å². The number of halogens is 3. The van der Waals surface area contributed by atoms with Gasteiger partial charge in [-0.25, -0.2) is 0 Å². The zero-order chi connectivity index (χ0) is 11.7. The summed E-state index contributed by atoms with van der Waals surface area (Å²) in [6.07, 6.45) is -0.0492. The van der Waals surface area contributed by atoms with Crippen molar-refractivity contribution in [3.05, 3.63) is 0 Å². The summed E-state index contributed by atoms with van der Waals surface area (Å²) < 4.78 is 10.9. The van der Waals surface area contributed by atoms with Crippen LogP contribution in [-0.4, -0.2) is 42.5 Å². The molecule has 92 valence electrons. The van der Waals surface area contributed by atoms with Gasteiger partial charge >= 0.3 is 0 Å². The summed E-state index contributed by atoms with van der Waals surface area (Å²) in [6, 6.07) is 0. The molecule has 0 amide bonds. The Morgan fingerprint density at radius 2 is 1.80 bits per heavy atom. The molecule has 0 bridgehead atoms. The first-order valence-electron chi connectivity index (χ1n) is 5.07. The Kier molecular flexibility index (Phi) is 10.8. The van der Waals surface area contributed by atoms with Crippen LogP contribution in [0.2, 0.25) is 0 Å². The molecule has 0 saturated carbocycles. The Balaban J connectivity index is 3.46. The van der Waals surface area contributed by atoms with Crippen LogP contribution >= 0.6 is 39.1 Å². The van der Waals surface area contributed by atoms with Gasteiger partial charge < -0.3 is 9.47 Å². The summed E-state index contributed by atoms with van der Waals surface area (Å²) in [5.41, 5.74) is 0. The first-order chi connectivity index (χ1) is 7.11. The Bertz CT molecular complexity index is 147. The fraction of sp³-hybridized carbons (Fsp3) is 1.00. The molecule has 15 heavy (non-hydrogen) atoms. The van der Waals surface area contributed by atoms with Gasteiger partial charge in [-0.1, -0.05) is 29.8 Å². The molecule has 0 aromatic carbocycles. The third kappa shape index (κ3) is 8.75. The van der Waals surface area contributed by atoms with Crippen LogP contribution in [0.25, 0.3) is 0 Å². The topological polar surface area (TPSA) is 18.5 Å². The Hall–Kier alpha value is 0.980. The van der Waals surface area contributed by atoms with Crippen LogP contribution in [0.5, 0.6) is 0 Å². The van der Waals surface area contributed by atoms with E-state index in [2.05, 4.69) is 29.8 Å². The van der Waals surface area contributed by atoms with E-state index in [-0.39, 0.29) is 10.9 Å². The van der Waals surface area contributed by atoms with Gasteiger partial charge in [0.05, 0.1) is 24.1 Å². The van der Waals surface area contributed by atoms with E-state index in [9.17, 15) is 0 Å². The minimum atomic E-state index is -0.0492. The summed E-state index contributed by atoms with van der Waals surface area (Å²) in [5, 5.41) is 0. The van der Waals surface area contributed by atoms with Crippen LogP contribution in [0.3, 0.4) is 0 Å². The summed E-state index contributed by atoms with van der Waals surface area (Å²) >= 11 is 14.9. The standard InChI is InChI=1S/C10H19BrCl2O2/c1-8(2)7-14-3-4-15-10(6-13)9(11)5-12/h8-10H,3-7H2,1-2H3. The minimum absolute atomic E-state index is 0.0492. The summed E-state index contributed by atoms with van der Waals surface area (Å²) in [5.74, 6) is 1.48. The molecule has 0 fully saturated rings. The number of hydrogen-bond donors (Lipinski definition) is 0. The molecule has 0 aromatic heterocycles. The molecule has 0 aliphatic rings. The van der Waals surface area contributed by atoms with E-state index in [1.807, 2.05) is 0 Å². The molecule has 0 N–H and O–H groups in total. The first kappa shape index (κ1) is 16.0. The predicted molar refractivity (Wildman–Crippen MR) is 69.6 cm³/mol. The van der Waals surface area contributed by atoms with E-state index in [0.29, 0.717) is 30.9 Å². The van der Waals surface area contributed by atoms with Gasteiger partial charge in [-0.2, -0.15) is 0 Å². The molecule has 0 rings (SSSR count). The SMILES string of the molecule is CC(C)COCCOC(CCl)C(Br)CCl. The second-order valence-electron chi connectivity index (χ2n) is 3.70. The van der Waals surface area contributed by atoms with Crippen molar-refractivity contribution in [2.24, 2.45) is 5.92 Å². The lowest BCUT2D eigenvalue weighted by Gasteiger charge is -2.19. The van der Waals surface area contributed by atoms with Crippen molar-refractivity contribution >= 4 is 39.1 Å². The quantitative estimate of drug-likeness (QED) is 0.479. The molecule has 0 saturated heterocycles. The Morgan fingerprint density at radius 3 is 2.27 bits per heavy atom. The van der Waals surface area contributed by atoms with Crippen LogP contribution in [-0.2, 0) is 9.47 Å². The van der Waals surface area contributed by atoms with Crippen LogP contribution < -0.4 is 0 Å². The first-order valence-corrected chi connectivity index (χ1v) is 7.05. The molecule has 0 spiro atoms. The number of hydrogen-bond acceptors (Lipinski definition) is 2. The van der Waals surface area contributed by atoms with Crippen molar-refractivity contribution in [1.29, 1.82) is 0 Å². The number of rotatable bonds is 9. The van der Waals surface area contributed by atoms with Gasteiger partial charge in [-0.3, -0.25) is 0 Å². The average Bonchev–Trinajstić information content (AvgIpc) is 2.22. The van der Waals surface area contributed by atoms with Gasteiger partial charge in [-0.15, -0.1) is 23.2 Å². The molecule has 0 heterocycles. The Labute approximate surface area is 111 Å². The van der Waals surface area contributed by atoms with E-state index in [4.69, 9.17) is 32.7 Å². The maximum atomic E-state index is 5.75. The number of alkyl halides is 3. The second kappa shape index (κ2) is 10.2. The third-order valence-electron chi connectivity index (χ3n) is 1.71. The fourth-order valence-corrected chi connectivity index (χ4v) is 1.98. The van der Waals surface area contributed by atoms with Gasteiger partial charge in [-0.05, 0) is 5.92 Å². The van der Waals surface area contributed by atoms with Crippen LogP contribution in [0.15, 0.2) is 0 Å². The maximum Gasteiger partial charge on any atom is 0.0847 e. The highest BCUT2D eigenvalue weighted by Gasteiger charge is 2.17. The average molecular weight is 322 g/mol. The van der Waals surface area contributed by atoms with Crippen molar-refractivity contribution in [3.63, 3.8) is 0 Å². The molecule has 2 atom stereocenters. The van der Waals surface area contributed by atoms with E-state index in [1.54, 1.807) is 0 Å². The van der Waals surface area contributed by atoms with E-state index >= 15 is 0 Å². The zero-order valence-electron chi connectivity index (χ0n) is 9.22. The van der Waals surface area contributed by atoms with Crippen molar-refractivity contribution in [3.8, 4) is 0 Å². The molecule has 2 unspecified atom stereocenters. The van der Waals surface area contributed by atoms with E-state index in [1.165, 1.54) is 0 Å². The lowest BCUT2D eigenvalue weighted by atomic mass is 10.2. The lowest BCUT2D eigenvalue weighted by molar-refractivity contribution is 0.00922. The molecule has 2 nitrogen and oxygen atoms in total. The van der Waals surface area contributed by atoms with E-state index in [0.717, 1.165) is 6.61 Å². The summed E-state index contributed by atoms with van der Waals surface area (Å²) in [6.45, 7) is 6.16. The number of ether oxygens (including phenoxy) is 2. The maximum absolute atomic E-state index is 5.75. The summed E-state index contributed by atoms with van der Waals surface area (Å²) in [4.78, 5) is 0.0989. The molecule has 0 aliphatic carbocycles. The second-order valence-corrected chi connectivity index (χ2v) is 5.50. The Morgan fingerprint density at radius 1 is 1.13 bits per heavy atom.